The van der Waals surface area contributed by atoms with Gasteiger partial charge in [0.05, 0.1) is 26.4 Å². The smallest absolute Gasteiger partial charge is 0.462 e. The molecule has 3 N–H and O–H groups in total. The number of phosphoric acid groups is 2. The summed E-state index contributed by atoms with van der Waals surface area (Å²) in [6.07, 6.45) is 48.5. The first-order chi connectivity index (χ1) is 45.1. The Morgan fingerprint density at radius 1 is 0.298 bits per heavy atom. The van der Waals surface area contributed by atoms with Crippen LogP contribution in [-0.4, -0.2) is 96.7 Å². The Bertz CT molecular complexity index is 1850. The summed E-state index contributed by atoms with van der Waals surface area (Å²) in [7, 11) is -9.91. The molecule has 17 nitrogen and oxygen atoms in total. The molecule has 94 heavy (non-hydrogen) atoms. The Kier molecular flexibility index (Phi) is 63.1. The first-order valence-corrected chi connectivity index (χ1v) is 41.7. The van der Waals surface area contributed by atoms with Crippen LogP contribution in [0.25, 0.3) is 0 Å². The van der Waals surface area contributed by atoms with E-state index in [1.807, 2.05) is 0 Å². The van der Waals surface area contributed by atoms with Crippen LogP contribution in [0, 0.1) is 23.7 Å². The van der Waals surface area contributed by atoms with Gasteiger partial charge in [0, 0.05) is 25.7 Å². The van der Waals surface area contributed by atoms with Crippen molar-refractivity contribution in [2.75, 3.05) is 39.6 Å². The average molecular weight is 1380 g/mol. The van der Waals surface area contributed by atoms with Crippen LogP contribution in [0.3, 0.4) is 0 Å². The molecule has 0 saturated heterocycles. The van der Waals surface area contributed by atoms with Gasteiger partial charge in [-0.15, -0.1) is 0 Å². The minimum absolute atomic E-state index is 0.105. The van der Waals surface area contributed by atoms with Crippen LogP contribution in [-0.2, 0) is 65.4 Å². The fourth-order valence-corrected chi connectivity index (χ4v) is 12.9. The summed E-state index contributed by atoms with van der Waals surface area (Å²) in [4.78, 5) is 72.8. The van der Waals surface area contributed by atoms with Crippen molar-refractivity contribution in [2.45, 2.75) is 395 Å². The van der Waals surface area contributed by atoms with Gasteiger partial charge in [-0.1, -0.05) is 325 Å². The zero-order chi connectivity index (χ0) is 69.6. The third-order valence-electron chi connectivity index (χ3n) is 17.7. The Morgan fingerprint density at radius 2 is 0.511 bits per heavy atom. The van der Waals surface area contributed by atoms with Gasteiger partial charge in [-0.25, -0.2) is 9.13 Å². The summed E-state index contributed by atoms with van der Waals surface area (Å²) < 4.78 is 68.5. The van der Waals surface area contributed by atoms with Crippen molar-refractivity contribution in [1.29, 1.82) is 0 Å². The lowest BCUT2D eigenvalue weighted by atomic mass is 10.00. The van der Waals surface area contributed by atoms with Crippen LogP contribution in [0.2, 0.25) is 0 Å². The highest BCUT2D eigenvalue weighted by molar-refractivity contribution is 7.47. The lowest BCUT2D eigenvalue weighted by Crippen LogP contribution is -2.30. The average Bonchev–Trinajstić information content (AvgIpc) is 2.53. The summed E-state index contributed by atoms with van der Waals surface area (Å²) in [6.45, 7) is 14.2. The molecule has 558 valence electrons. The Balaban J connectivity index is 5.26. The largest absolute Gasteiger partial charge is 0.472 e. The third kappa shape index (κ3) is 67.3. The van der Waals surface area contributed by atoms with Crippen molar-refractivity contribution in [3.63, 3.8) is 0 Å². The molecule has 0 bridgehead atoms. The maximum Gasteiger partial charge on any atom is 0.472 e. The molecule has 0 heterocycles. The monoisotopic (exact) mass is 1380 g/mol. The molecule has 3 unspecified atom stereocenters. The van der Waals surface area contributed by atoms with E-state index < -0.39 is 97.5 Å². The first kappa shape index (κ1) is 92.1. The summed E-state index contributed by atoms with van der Waals surface area (Å²) in [5.41, 5.74) is 0. The molecule has 0 rings (SSSR count). The Morgan fingerprint density at radius 3 is 0.755 bits per heavy atom. The molecule has 19 heteroatoms. The summed E-state index contributed by atoms with van der Waals surface area (Å²) in [5.74, 6) is 0.928. The van der Waals surface area contributed by atoms with Crippen molar-refractivity contribution in [1.82, 2.24) is 0 Å². The van der Waals surface area contributed by atoms with E-state index >= 15 is 0 Å². The van der Waals surface area contributed by atoms with E-state index in [1.54, 1.807) is 0 Å². The molecule has 0 radical (unpaired) electrons. The Hall–Kier alpha value is -1.94. The van der Waals surface area contributed by atoms with Gasteiger partial charge < -0.3 is 33.8 Å². The van der Waals surface area contributed by atoms with Crippen molar-refractivity contribution < 1.29 is 80.2 Å². The van der Waals surface area contributed by atoms with E-state index in [2.05, 4.69) is 55.4 Å². The molecule has 0 aliphatic heterocycles. The molecular formula is C75H146O17P2. The van der Waals surface area contributed by atoms with Gasteiger partial charge in [-0.2, -0.15) is 0 Å². The molecule has 0 saturated carbocycles. The fraction of sp³-hybridized carbons (Fsp3) is 0.947. The minimum Gasteiger partial charge on any atom is -0.462 e. The number of esters is 4. The number of hydrogen-bond donors (Lipinski definition) is 3. The van der Waals surface area contributed by atoms with Gasteiger partial charge in [-0.3, -0.25) is 37.3 Å². The third-order valence-corrected chi connectivity index (χ3v) is 19.6. The second kappa shape index (κ2) is 64.4. The second-order valence-corrected chi connectivity index (χ2v) is 31.6. The number of hydrogen-bond acceptors (Lipinski definition) is 15. The van der Waals surface area contributed by atoms with E-state index in [0.29, 0.717) is 25.7 Å². The highest BCUT2D eigenvalue weighted by atomic mass is 31.2. The molecule has 0 aromatic carbocycles. The molecule has 0 aromatic heterocycles. The minimum atomic E-state index is -4.96. The number of phosphoric ester groups is 2. The van der Waals surface area contributed by atoms with Crippen LogP contribution < -0.4 is 0 Å². The van der Waals surface area contributed by atoms with Crippen molar-refractivity contribution in [2.24, 2.45) is 23.7 Å². The maximum atomic E-state index is 13.1. The van der Waals surface area contributed by atoms with E-state index in [1.165, 1.54) is 173 Å². The molecule has 0 aliphatic carbocycles. The zero-order valence-corrected chi connectivity index (χ0v) is 63.4. The SMILES string of the molecule is CCC(C)CCCCCCCCC(=O)OC[C@H](COP(=O)(O)OC[C@H](O)COP(=O)(O)OC[C@@H](COC(=O)CCCCCCCCCCCCCCCC(C)C)OC(=O)CCCCCCCCCCCCCCC(C)C)OC(=O)CCCCCCCCCCCCC(C)C. The molecule has 0 fully saturated rings. The van der Waals surface area contributed by atoms with E-state index in [4.69, 9.17) is 37.0 Å². The first-order valence-electron chi connectivity index (χ1n) is 38.7. The van der Waals surface area contributed by atoms with Crippen LogP contribution in [0.4, 0.5) is 0 Å². The molecule has 0 aromatic rings. The summed E-state index contributed by atoms with van der Waals surface area (Å²) >= 11 is 0. The predicted octanol–water partition coefficient (Wildman–Crippen LogP) is 21.7. The van der Waals surface area contributed by atoms with Crippen LogP contribution in [0.5, 0.6) is 0 Å². The van der Waals surface area contributed by atoms with Crippen molar-refractivity contribution in [3.05, 3.63) is 0 Å². The molecule has 6 atom stereocenters. The second-order valence-electron chi connectivity index (χ2n) is 28.7. The highest BCUT2D eigenvalue weighted by Gasteiger charge is 2.30. The van der Waals surface area contributed by atoms with Crippen LogP contribution in [0.1, 0.15) is 376 Å². The number of carbonyl (C=O) groups is 4. The van der Waals surface area contributed by atoms with E-state index in [-0.39, 0.29) is 25.7 Å². The van der Waals surface area contributed by atoms with E-state index in [0.717, 1.165) is 120 Å². The van der Waals surface area contributed by atoms with Crippen LogP contribution in [0.15, 0.2) is 0 Å². The lowest BCUT2D eigenvalue weighted by molar-refractivity contribution is -0.161. The van der Waals surface area contributed by atoms with Crippen molar-refractivity contribution >= 4 is 39.5 Å². The highest BCUT2D eigenvalue weighted by Crippen LogP contribution is 2.45. The quantitative estimate of drug-likeness (QED) is 0.0222. The van der Waals surface area contributed by atoms with Crippen LogP contribution >= 0.6 is 15.6 Å². The topological polar surface area (TPSA) is 237 Å². The number of aliphatic hydroxyl groups is 1. The van der Waals surface area contributed by atoms with Gasteiger partial charge in [0.15, 0.2) is 12.2 Å². The number of rotatable bonds is 72. The number of aliphatic hydroxyl groups excluding tert-OH is 1. The molecule has 0 amide bonds. The number of carbonyl (C=O) groups excluding carboxylic acids is 4. The molecule has 0 spiro atoms. The van der Waals surface area contributed by atoms with Gasteiger partial charge in [-0.05, 0) is 49.4 Å². The summed E-state index contributed by atoms with van der Waals surface area (Å²) in [6, 6.07) is 0. The Labute approximate surface area is 575 Å². The van der Waals surface area contributed by atoms with Crippen molar-refractivity contribution in [3.8, 4) is 0 Å². The van der Waals surface area contributed by atoms with Gasteiger partial charge >= 0.3 is 39.5 Å². The summed E-state index contributed by atoms with van der Waals surface area (Å²) in [5, 5.41) is 10.6. The standard InChI is InChI=1S/C75H146O17P2/c1-9-68(8)54-46-38-33-34-40-48-56-73(78)86-62-71(92-75(80)58-50-42-32-26-20-19-23-29-37-45-53-67(6)7)64-90-94(83,84)88-60-69(76)59-87-93(81,82)89-63-70(91-74(79)57-49-41-31-25-18-14-13-16-22-28-36-44-52-66(4)5)61-85-72(77)55-47-39-30-24-17-12-10-11-15-21-27-35-43-51-65(2)3/h65-71,76H,9-64H2,1-8H3,(H,81,82)(H,83,84)/t68?,69-,70-,71-/m1/s1. The van der Waals surface area contributed by atoms with Gasteiger partial charge in [0.25, 0.3) is 0 Å². The maximum absolute atomic E-state index is 13.1. The lowest BCUT2D eigenvalue weighted by Gasteiger charge is -2.21. The fourth-order valence-electron chi connectivity index (χ4n) is 11.3. The number of unbranched alkanes of at least 4 members (excludes halogenated alkanes) is 37. The predicted molar refractivity (Wildman–Crippen MR) is 381 cm³/mol. The molecular weight excluding hydrogens is 1230 g/mol. The number of ether oxygens (including phenoxy) is 4. The molecule has 0 aliphatic rings. The van der Waals surface area contributed by atoms with E-state index in [9.17, 15) is 43.2 Å². The van der Waals surface area contributed by atoms with Gasteiger partial charge in [0.2, 0.25) is 0 Å². The zero-order valence-electron chi connectivity index (χ0n) is 61.6. The normalized spacial score (nSPS) is 14.4. The van der Waals surface area contributed by atoms with Gasteiger partial charge in [0.1, 0.15) is 19.3 Å².